The molecule has 1 heterocycles. The molecule has 1 atom stereocenters. The van der Waals surface area contributed by atoms with Crippen molar-refractivity contribution in [2.45, 2.75) is 52.0 Å². The van der Waals surface area contributed by atoms with Gasteiger partial charge in [-0.15, -0.1) is 0 Å². The van der Waals surface area contributed by atoms with Gasteiger partial charge in [-0.1, -0.05) is 0 Å². The van der Waals surface area contributed by atoms with Crippen molar-refractivity contribution < 1.29 is 14.7 Å². The van der Waals surface area contributed by atoms with Crippen LogP contribution in [0.2, 0.25) is 0 Å². The van der Waals surface area contributed by atoms with Crippen molar-refractivity contribution in [2.24, 2.45) is 11.3 Å². The first-order valence-electron chi connectivity index (χ1n) is 7.59. The first kappa shape index (κ1) is 15.1. The van der Waals surface area contributed by atoms with E-state index in [1.165, 1.54) is 6.42 Å². The van der Waals surface area contributed by atoms with E-state index in [0.29, 0.717) is 12.6 Å². The van der Waals surface area contributed by atoms with Crippen molar-refractivity contribution in [3.8, 4) is 0 Å². The van der Waals surface area contributed by atoms with Crippen molar-refractivity contribution in [1.29, 1.82) is 0 Å². The molecule has 0 radical (unpaired) electrons. The van der Waals surface area contributed by atoms with Crippen LogP contribution in [-0.4, -0.2) is 53.1 Å². The van der Waals surface area contributed by atoms with Crippen LogP contribution in [0.5, 0.6) is 0 Å². The van der Waals surface area contributed by atoms with Gasteiger partial charge in [0.15, 0.2) is 0 Å². The summed E-state index contributed by atoms with van der Waals surface area (Å²) in [5.74, 6) is -0.739. The summed E-state index contributed by atoms with van der Waals surface area (Å²) in [5.41, 5.74) is -0.770. The molecule has 0 aromatic heterocycles. The second kappa shape index (κ2) is 5.62. The van der Waals surface area contributed by atoms with Gasteiger partial charge in [0, 0.05) is 26.2 Å². The number of amides is 2. The lowest BCUT2D eigenvalue weighted by atomic mass is 9.74. The number of hydrogen-bond acceptors (Lipinski definition) is 2. The predicted molar refractivity (Wildman–Crippen MR) is 76.5 cm³/mol. The highest BCUT2D eigenvalue weighted by Gasteiger charge is 2.41. The summed E-state index contributed by atoms with van der Waals surface area (Å²) in [4.78, 5) is 27.6. The highest BCUT2D eigenvalue weighted by atomic mass is 16.4. The van der Waals surface area contributed by atoms with E-state index >= 15 is 0 Å². The predicted octanol–water partition coefficient (Wildman–Crippen LogP) is 2.41. The summed E-state index contributed by atoms with van der Waals surface area (Å²) in [6.45, 7) is 4.85. The number of carbonyl (C=O) groups excluding carboxylic acids is 1. The first-order chi connectivity index (χ1) is 9.34. The van der Waals surface area contributed by atoms with Crippen LogP contribution < -0.4 is 0 Å². The molecule has 2 aliphatic rings. The summed E-state index contributed by atoms with van der Waals surface area (Å²) >= 11 is 0. The molecule has 2 rings (SSSR count). The zero-order valence-corrected chi connectivity index (χ0v) is 12.8. The fourth-order valence-electron chi connectivity index (χ4n) is 3.07. The largest absolute Gasteiger partial charge is 0.481 e. The summed E-state index contributed by atoms with van der Waals surface area (Å²) < 4.78 is 0. The van der Waals surface area contributed by atoms with Crippen LogP contribution >= 0.6 is 0 Å². The average molecular weight is 282 g/mol. The molecular weight excluding hydrogens is 256 g/mol. The van der Waals surface area contributed by atoms with Gasteiger partial charge in [0.1, 0.15) is 0 Å². The van der Waals surface area contributed by atoms with Crippen LogP contribution in [0.25, 0.3) is 0 Å². The van der Waals surface area contributed by atoms with Gasteiger partial charge in [-0.3, -0.25) is 4.79 Å². The van der Waals surface area contributed by atoms with E-state index in [4.69, 9.17) is 0 Å². The van der Waals surface area contributed by atoms with E-state index < -0.39 is 11.4 Å². The molecule has 2 fully saturated rings. The maximum atomic E-state index is 12.5. The molecule has 1 unspecified atom stereocenters. The van der Waals surface area contributed by atoms with E-state index in [1.54, 1.807) is 13.8 Å². The minimum atomic E-state index is -0.774. The Morgan fingerprint density at radius 2 is 1.85 bits per heavy atom. The SMILES string of the molecule is CN(C(=O)N1CCCC(C(C)(C)C(=O)O)C1)C1CCC1. The monoisotopic (exact) mass is 282 g/mol. The summed E-state index contributed by atoms with van der Waals surface area (Å²) in [5, 5.41) is 9.35. The Labute approximate surface area is 120 Å². The molecule has 0 spiro atoms. The Hall–Kier alpha value is -1.26. The van der Waals surface area contributed by atoms with Crippen LogP contribution in [-0.2, 0) is 4.79 Å². The van der Waals surface area contributed by atoms with E-state index in [2.05, 4.69) is 0 Å². The van der Waals surface area contributed by atoms with Crippen LogP contribution in [0.4, 0.5) is 4.79 Å². The van der Waals surface area contributed by atoms with E-state index in [1.807, 2.05) is 16.8 Å². The molecular formula is C15H26N2O3. The fraction of sp³-hybridized carbons (Fsp3) is 0.867. The van der Waals surface area contributed by atoms with Gasteiger partial charge >= 0.3 is 12.0 Å². The van der Waals surface area contributed by atoms with Gasteiger partial charge in [-0.2, -0.15) is 0 Å². The third-order valence-electron chi connectivity index (χ3n) is 5.19. The molecule has 1 saturated carbocycles. The minimum Gasteiger partial charge on any atom is -0.481 e. The number of hydrogen-bond donors (Lipinski definition) is 1. The molecule has 1 saturated heterocycles. The van der Waals surface area contributed by atoms with Crippen LogP contribution in [0, 0.1) is 11.3 Å². The summed E-state index contributed by atoms with van der Waals surface area (Å²) in [6, 6.07) is 0.455. The van der Waals surface area contributed by atoms with Gasteiger partial charge in [0.25, 0.3) is 0 Å². The molecule has 2 amide bonds. The number of likely N-dealkylation sites (tertiary alicyclic amines) is 1. The second-order valence-corrected chi connectivity index (χ2v) is 6.79. The van der Waals surface area contributed by atoms with Gasteiger partial charge in [-0.05, 0) is 51.9 Å². The molecule has 0 aromatic rings. The lowest BCUT2D eigenvalue weighted by molar-refractivity contribution is -0.151. The lowest BCUT2D eigenvalue weighted by Gasteiger charge is -2.43. The summed E-state index contributed by atoms with van der Waals surface area (Å²) in [7, 11) is 1.87. The van der Waals surface area contributed by atoms with Crippen LogP contribution in [0.15, 0.2) is 0 Å². The van der Waals surface area contributed by atoms with Crippen LogP contribution in [0.1, 0.15) is 46.0 Å². The minimum absolute atomic E-state index is 0.0347. The van der Waals surface area contributed by atoms with Gasteiger partial charge < -0.3 is 14.9 Å². The van der Waals surface area contributed by atoms with Crippen LogP contribution in [0.3, 0.4) is 0 Å². The molecule has 114 valence electrons. The molecule has 0 bridgehead atoms. The highest BCUT2D eigenvalue weighted by Crippen LogP contribution is 2.35. The number of rotatable bonds is 3. The third-order valence-corrected chi connectivity index (χ3v) is 5.19. The van der Waals surface area contributed by atoms with Gasteiger partial charge in [-0.25, -0.2) is 4.79 Å². The first-order valence-corrected chi connectivity index (χ1v) is 7.59. The Kier molecular flexibility index (Phi) is 4.25. The number of nitrogens with zero attached hydrogens (tertiary/aromatic N) is 2. The van der Waals surface area contributed by atoms with Gasteiger partial charge in [0.05, 0.1) is 5.41 Å². The Morgan fingerprint density at radius 3 is 2.35 bits per heavy atom. The fourth-order valence-corrected chi connectivity index (χ4v) is 3.07. The second-order valence-electron chi connectivity index (χ2n) is 6.79. The standard InChI is InChI=1S/C15H26N2O3/c1-15(2,13(18)19)11-6-5-9-17(10-11)14(20)16(3)12-7-4-8-12/h11-12H,4-10H2,1-3H3,(H,18,19). The zero-order chi connectivity index (χ0) is 14.9. The molecule has 5 heteroatoms. The maximum Gasteiger partial charge on any atom is 0.319 e. The zero-order valence-electron chi connectivity index (χ0n) is 12.8. The number of aliphatic carboxylic acids is 1. The number of carboxylic acid groups (broad SMARTS) is 1. The quantitative estimate of drug-likeness (QED) is 0.864. The topological polar surface area (TPSA) is 60.9 Å². The number of urea groups is 1. The maximum absolute atomic E-state index is 12.5. The number of carboxylic acids is 1. The molecule has 0 aromatic carbocycles. The van der Waals surface area contributed by atoms with E-state index in [-0.39, 0.29) is 11.9 Å². The smallest absolute Gasteiger partial charge is 0.319 e. The molecule has 1 aliphatic carbocycles. The lowest BCUT2D eigenvalue weighted by Crippen LogP contribution is -2.53. The number of carbonyl (C=O) groups is 2. The van der Waals surface area contributed by atoms with Crippen molar-refractivity contribution >= 4 is 12.0 Å². The molecule has 5 nitrogen and oxygen atoms in total. The normalized spacial score (nSPS) is 24.1. The Balaban J connectivity index is 1.99. The molecule has 20 heavy (non-hydrogen) atoms. The van der Waals surface area contributed by atoms with Crippen molar-refractivity contribution in [3.63, 3.8) is 0 Å². The van der Waals surface area contributed by atoms with Crippen molar-refractivity contribution in [2.75, 3.05) is 20.1 Å². The third kappa shape index (κ3) is 2.76. The van der Waals surface area contributed by atoms with E-state index in [9.17, 15) is 14.7 Å². The van der Waals surface area contributed by atoms with Crippen molar-refractivity contribution in [1.82, 2.24) is 9.80 Å². The van der Waals surface area contributed by atoms with E-state index in [0.717, 1.165) is 32.2 Å². The van der Waals surface area contributed by atoms with Gasteiger partial charge in [0.2, 0.25) is 0 Å². The Morgan fingerprint density at radius 1 is 1.20 bits per heavy atom. The molecule has 1 N–H and O–H groups in total. The summed E-state index contributed by atoms with van der Waals surface area (Å²) in [6.07, 6.45) is 5.18. The Bertz CT molecular complexity index is 391. The van der Waals surface area contributed by atoms with Crippen molar-refractivity contribution in [3.05, 3.63) is 0 Å². The number of piperidine rings is 1. The average Bonchev–Trinajstić information content (AvgIpc) is 2.35. The highest BCUT2D eigenvalue weighted by molar-refractivity contribution is 5.76. The molecule has 1 aliphatic heterocycles.